The van der Waals surface area contributed by atoms with Gasteiger partial charge in [0, 0.05) is 17.3 Å². The van der Waals surface area contributed by atoms with E-state index in [-0.39, 0.29) is 15.9 Å². The summed E-state index contributed by atoms with van der Waals surface area (Å²) in [5.74, 6) is 2.96. The molecular weight excluding hydrogens is 460 g/mol. The SMILES string of the molecule is C[C@]12CCc3nc(Nc4ccccn4)sc3C1=CC[C@@H]1[C@@H]2CC[C@]2(C)/C(=N/NC(N)=S)CC[C@@H]12. The van der Waals surface area contributed by atoms with E-state index in [9.17, 15) is 0 Å². The van der Waals surface area contributed by atoms with E-state index in [2.05, 4.69) is 40.8 Å². The van der Waals surface area contributed by atoms with Gasteiger partial charge in [-0.05, 0) is 98.0 Å². The molecule has 0 unspecified atom stereocenters. The summed E-state index contributed by atoms with van der Waals surface area (Å²) in [4.78, 5) is 10.8. The van der Waals surface area contributed by atoms with E-state index in [1.807, 2.05) is 24.4 Å². The minimum atomic E-state index is 0.157. The van der Waals surface area contributed by atoms with Crippen molar-refractivity contribution in [2.75, 3.05) is 5.32 Å². The molecule has 4 aliphatic rings. The number of fused-ring (bicyclic) bond motifs is 7. The number of allylic oxidation sites excluding steroid dienone is 2. The van der Waals surface area contributed by atoms with Crippen LogP contribution in [0.1, 0.15) is 62.9 Å². The minimum Gasteiger partial charge on any atom is -0.375 e. The molecule has 0 aliphatic heterocycles. The minimum absolute atomic E-state index is 0.157. The third kappa shape index (κ3) is 3.40. The molecule has 34 heavy (non-hydrogen) atoms. The largest absolute Gasteiger partial charge is 0.375 e. The number of pyridine rings is 1. The van der Waals surface area contributed by atoms with Gasteiger partial charge in [0.1, 0.15) is 5.82 Å². The third-order valence-electron chi connectivity index (χ3n) is 9.23. The van der Waals surface area contributed by atoms with Crippen molar-refractivity contribution in [1.82, 2.24) is 15.4 Å². The number of nitrogens with two attached hydrogens (primary N) is 1. The molecule has 2 saturated carbocycles. The Hall–Kier alpha value is -2.32. The summed E-state index contributed by atoms with van der Waals surface area (Å²) in [6, 6.07) is 5.93. The van der Waals surface area contributed by atoms with Crippen molar-refractivity contribution in [2.45, 2.75) is 58.8 Å². The predicted molar refractivity (Wildman–Crippen MR) is 143 cm³/mol. The second kappa shape index (κ2) is 8.12. The number of nitrogens with zero attached hydrogens (tertiary/aromatic N) is 3. The zero-order valence-corrected chi connectivity index (χ0v) is 21.4. The molecule has 4 aliphatic carbocycles. The van der Waals surface area contributed by atoms with Crippen molar-refractivity contribution in [3.63, 3.8) is 0 Å². The van der Waals surface area contributed by atoms with Gasteiger partial charge in [-0.25, -0.2) is 9.97 Å². The van der Waals surface area contributed by atoms with E-state index in [0.29, 0.717) is 11.8 Å². The van der Waals surface area contributed by atoms with Crippen molar-refractivity contribution in [3.8, 4) is 0 Å². The first-order valence-electron chi connectivity index (χ1n) is 12.4. The summed E-state index contributed by atoms with van der Waals surface area (Å²) < 4.78 is 0. The lowest BCUT2D eigenvalue weighted by Gasteiger charge is -2.56. The molecule has 2 heterocycles. The van der Waals surface area contributed by atoms with E-state index < -0.39 is 0 Å². The fraction of sp³-hybridized carbons (Fsp3) is 0.538. The molecule has 0 saturated heterocycles. The van der Waals surface area contributed by atoms with Crippen LogP contribution in [0.3, 0.4) is 0 Å². The van der Waals surface area contributed by atoms with Gasteiger partial charge in [0.15, 0.2) is 10.2 Å². The van der Waals surface area contributed by atoms with Gasteiger partial charge in [0.05, 0.1) is 10.6 Å². The first-order chi connectivity index (χ1) is 16.4. The molecule has 0 radical (unpaired) electrons. The van der Waals surface area contributed by atoms with Crippen LogP contribution in [-0.4, -0.2) is 20.8 Å². The number of hydrogen-bond donors (Lipinski definition) is 3. The topological polar surface area (TPSA) is 88.2 Å². The van der Waals surface area contributed by atoms with Crippen LogP contribution in [0.4, 0.5) is 10.9 Å². The van der Waals surface area contributed by atoms with Gasteiger partial charge in [-0.1, -0.05) is 37.3 Å². The second-order valence-corrected chi connectivity index (χ2v) is 12.3. The summed E-state index contributed by atoms with van der Waals surface area (Å²) in [7, 11) is 0. The zero-order chi connectivity index (χ0) is 23.5. The number of aromatic nitrogens is 2. The van der Waals surface area contributed by atoms with Gasteiger partial charge in [0.2, 0.25) is 0 Å². The molecule has 2 aromatic heterocycles. The Morgan fingerprint density at radius 1 is 1.18 bits per heavy atom. The maximum atomic E-state index is 5.66. The fourth-order valence-corrected chi connectivity index (χ4v) is 8.81. The predicted octanol–water partition coefficient (Wildman–Crippen LogP) is 5.65. The maximum Gasteiger partial charge on any atom is 0.189 e. The summed E-state index contributed by atoms with van der Waals surface area (Å²) in [5.41, 5.74) is 13.0. The molecule has 6 nitrogen and oxygen atoms in total. The summed E-state index contributed by atoms with van der Waals surface area (Å²) in [6.45, 7) is 4.96. The number of thiocarbonyl (C=S) groups is 1. The number of rotatable bonds is 3. The van der Waals surface area contributed by atoms with E-state index >= 15 is 0 Å². The number of aryl methyl sites for hydroxylation is 1. The summed E-state index contributed by atoms with van der Waals surface area (Å²) in [5, 5.41) is 9.27. The van der Waals surface area contributed by atoms with Crippen LogP contribution in [0.15, 0.2) is 35.6 Å². The lowest BCUT2D eigenvalue weighted by Crippen LogP contribution is -2.49. The van der Waals surface area contributed by atoms with Gasteiger partial charge >= 0.3 is 0 Å². The monoisotopic (exact) mass is 492 g/mol. The highest BCUT2D eigenvalue weighted by Gasteiger charge is 2.58. The Morgan fingerprint density at radius 3 is 2.82 bits per heavy atom. The lowest BCUT2D eigenvalue weighted by atomic mass is 9.48. The Bertz CT molecular complexity index is 1190. The van der Waals surface area contributed by atoms with Crippen molar-refractivity contribution >= 4 is 50.9 Å². The third-order valence-corrected chi connectivity index (χ3v) is 10.4. The smallest absolute Gasteiger partial charge is 0.189 e. The average molecular weight is 493 g/mol. The molecule has 5 atom stereocenters. The molecule has 0 aromatic carbocycles. The summed E-state index contributed by atoms with van der Waals surface area (Å²) in [6.07, 6.45) is 12.5. The quantitative estimate of drug-likeness (QED) is 0.379. The van der Waals surface area contributed by atoms with Crippen LogP contribution in [0.2, 0.25) is 0 Å². The number of thiazole rings is 1. The first-order valence-corrected chi connectivity index (χ1v) is 13.6. The van der Waals surface area contributed by atoms with Crippen molar-refractivity contribution in [2.24, 2.45) is 39.4 Å². The van der Waals surface area contributed by atoms with Gasteiger partial charge in [-0.15, -0.1) is 0 Å². The molecule has 2 fully saturated rings. The average Bonchev–Trinajstić information content (AvgIpc) is 3.38. The standard InChI is InChI=1S/C26H32N6S2/c1-25-13-11-19-22(34-24(29-19)30-21-5-3-4-14-28-21)18(25)7-6-15-16-8-9-20(31-32-23(27)33)26(16,2)12-10-17(15)25/h3-5,7,14-17H,6,8-13H2,1-2H3,(H3,27,32,33)(H,28,29,30)/b31-20+/t15-,16-,17-,25+,26-/m0/s1. The van der Waals surface area contributed by atoms with Crippen molar-refractivity contribution in [3.05, 3.63) is 41.0 Å². The molecular formula is C26H32N6S2. The Labute approximate surface area is 210 Å². The highest BCUT2D eigenvalue weighted by atomic mass is 32.1. The van der Waals surface area contributed by atoms with E-state index in [1.54, 1.807) is 16.9 Å². The Balaban J connectivity index is 1.29. The molecule has 4 N–H and O–H groups in total. The molecule has 0 bridgehead atoms. The zero-order valence-electron chi connectivity index (χ0n) is 19.8. The van der Waals surface area contributed by atoms with Crippen LogP contribution >= 0.6 is 23.6 Å². The van der Waals surface area contributed by atoms with Crippen molar-refractivity contribution in [1.29, 1.82) is 0 Å². The number of nitrogens with one attached hydrogen (secondary N) is 2. The number of anilines is 2. The molecule has 178 valence electrons. The first kappa shape index (κ1) is 22.2. The molecule has 2 aromatic rings. The Morgan fingerprint density at radius 2 is 2.03 bits per heavy atom. The van der Waals surface area contributed by atoms with Crippen LogP contribution in [0, 0.1) is 28.6 Å². The van der Waals surface area contributed by atoms with Crippen molar-refractivity contribution < 1.29 is 0 Å². The lowest BCUT2D eigenvalue weighted by molar-refractivity contribution is 0.0116. The van der Waals surface area contributed by atoms with Crippen LogP contribution in [0.5, 0.6) is 0 Å². The molecule has 0 spiro atoms. The highest BCUT2D eigenvalue weighted by Crippen LogP contribution is 2.65. The number of hydrazone groups is 1. The van der Waals surface area contributed by atoms with Gasteiger partial charge in [0.25, 0.3) is 0 Å². The van der Waals surface area contributed by atoms with E-state index in [0.717, 1.165) is 36.1 Å². The second-order valence-electron chi connectivity index (χ2n) is 10.8. The van der Waals surface area contributed by atoms with E-state index in [1.165, 1.54) is 42.0 Å². The summed E-state index contributed by atoms with van der Waals surface area (Å²) >= 11 is 6.79. The van der Waals surface area contributed by atoms with Gasteiger partial charge in [-0.3, -0.25) is 5.43 Å². The van der Waals surface area contributed by atoms with Crippen LogP contribution in [0.25, 0.3) is 5.57 Å². The van der Waals surface area contributed by atoms with Gasteiger partial charge in [-0.2, -0.15) is 5.10 Å². The maximum absolute atomic E-state index is 5.66. The van der Waals surface area contributed by atoms with Crippen LogP contribution in [-0.2, 0) is 6.42 Å². The fourth-order valence-electron chi connectivity index (χ4n) is 7.57. The van der Waals surface area contributed by atoms with Crippen LogP contribution < -0.4 is 16.5 Å². The number of hydrogen-bond acceptors (Lipinski definition) is 6. The van der Waals surface area contributed by atoms with E-state index in [4.69, 9.17) is 22.9 Å². The molecule has 0 amide bonds. The Kier molecular flexibility index (Phi) is 5.30. The molecule has 8 heteroatoms. The van der Waals surface area contributed by atoms with Gasteiger partial charge < -0.3 is 11.1 Å². The molecule has 6 rings (SSSR count). The highest BCUT2D eigenvalue weighted by molar-refractivity contribution is 7.80. The normalized spacial score (nSPS) is 34.9.